The molecule has 2 aromatic carbocycles. The van der Waals surface area contributed by atoms with E-state index in [1.54, 1.807) is 0 Å². The summed E-state index contributed by atoms with van der Waals surface area (Å²) < 4.78 is 5.08. The molecule has 0 bridgehead atoms. The predicted molar refractivity (Wildman–Crippen MR) is 108 cm³/mol. The molecule has 2 rings (SSSR count). The molecule has 0 saturated heterocycles. The third kappa shape index (κ3) is 8.34. The number of hydrogen-bond acceptors (Lipinski definition) is 4. The number of hydrogen-bond donors (Lipinski definition) is 1. The maximum Gasteiger partial charge on any atom is 0.407 e. The van der Waals surface area contributed by atoms with E-state index in [1.807, 2.05) is 36.4 Å². The van der Waals surface area contributed by atoms with Gasteiger partial charge in [0, 0.05) is 6.54 Å². The average molecular weight is 365 g/mol. The number of alkyl carbamates (subject to hydrolysis) is 1. The van der Waals surface area contributed by atoms with E-state index in [-0.39, 0.29) is 6.09 Å². The number of carbonyl (C=O) groups is 1. The second-order valence-electron chi connectivity index (χ2n) is 6.38. The third-order valence-corrected chi connectivity index (χ3v) is 3.91. The number of nitrogens with one attached hydrogen (secondary N) is 1. The van der Waals surface area contributed by atoms with Gasteiger partial charge in [-0.2, -0.15) is 0 Å². The second kappa shape index (κ2) is 11.7. The number of nitrogens with zero attached hydrogens (tertiary/aromatic N) is 2. The largest absolute Gasteiger partial charge is 0.450 e. The molecular formula is C22H27N3O2. The molecule has 0 unspecified atom stereocenters. The Morgan fingerprint density at radius 3 is 2.41 bits per heavy atom. The first-order chi connectivity index (χ1) is 13.2. The van der Waals surface area contributed by atoms with Gasteiger partial charge in [0.15, 0.2) is 0 Å². The first-order valence-electron chi connectivity index (χ1n) is 9.29. The van der Waals surface area contributed by atoms with Crippen LogP contribution in [0.15, 0.2) is 58.5 Å². The zero-order valence-corrected chi connectivity index (χ0v) is 16.1. The van der Waals surface area contributed by atoms with E-state index >= 15 is 0 Å². The van der Waals surface area contributed by atoms with Gasteiger partial charge in [0.25, 0.3) is 0 Å². The number of unbranched alkanes of at least 4 members (excludes halogenated alkanes) is 1. The molecule has 5 heteroatoms. The van der Waals surface area contributed by atoms with E-state index in [1.165, 1.54) is 5.56 Å². The van der Waals surface area contributed by atoms with Gasteiger partial charge in [-0.05, 0) is 30.0 Å². The standard InChI is InChI=1S/C22H27N3O2/c1-3-4-11-27-22(26)25-16-21-10-6-9-20(13-21)15-24-17-23-14-19-8-5-7-18(2)12-19/h5-10,12-13H,3-4,11,14-16H2,1-2H3,(H,25,26). The van der Waals surface area contributed by atoms with Crippen molar-refractivity contribution in [3.63, 3.8) is 0 Å². The van der Waals surface area contributed by atoms with E-state index in [0.717, 1.165) is 29.5 Å². The lowest BCUT2D eigenvalue weighted by atomic mass is 10.1. The Bertz CT molecular complexity index is 796. The molecule has 0 saturated carbocycles. The number of amides is 1. The topological polar surface area (TPSA) is 63.0 Å². The Morgan fingerprint density at radius 1 is 1.04 bits per heavy atom. The molecule has 1 N–H and O–H groups in total. The molecule has 0 radical (unpaired) electrons. The van der Waals surface area contributed by atoms with Crippen molar-refractivity contribution < 1.29 is 9.53 Å². The summed E-state index contributed by atoms with van der Waals surface area (Å²) in [6.45, 7) is 6.10. The first-order valence-corrected chi connectivity index (χ1v) is 9.29. The van der Waals surface area contributed by atoms with E-state index in [2.05, 4.69) is 47.3 Å². The SMILES string of the molecule is CCCCOC(=O)NCc1cccc(CN=C=NCc2cccc(C)c2)c1. The summed E-state index contributed by atoms with van der Waals surface area (Å²) in [5, 5.41) is 2.76. The maximum atomic E-state index is 11.6. The fourth-order valence-electron chi connectivity index (χ4n) is 2.49. The minimum Gasteiger partial charge on any atom is -0.450 e. The van der Waals surface area contributed by atoms with Crippen molar-refractivity contribution in [1.82, 2.24) is 5.32 Å². The van der Waals surface area contributed by atoms with E-state index in [0.29, 0.717) is 26.2 Å². The molecule has 5 nitrogen and oxygen atoms in total. The van der Waals surface area contributed by atoms with Crippen LogP contribution in [0.2, 0.25) is 0 Å². The smallest absolute Gasteiger partial charge is 0.407 e. The van der Waals surface area contributed by atoms with Crippen LogP contribution in [0.3, 0.4) is 0 Å². The van der Waals surface area contributed by atoms with Crippen LogP contribution in [0.25, 0.3) is 0 Å². The molecule has 142 valence electrons. The summed E-state index contributed by atoms with van der Waals surface area (Å²) in [6.07, 6.45) is 1.51. The predicted octanol–water partition coefficient (Wildman–Crippen LogP) is 4.90. The van der Waals surface area contributed by atoms with Gasteiger partial charge in [0.05, 0.1) is 25.7 Å². The van der Waals surface area contributed by atoms with Gasteiger partial charge in [-0.15, -0.1) is 0 Å². The lowest BCUT2D eigenvalue weighted by Gasteiger charge is -2.07. The minimum absolute atomic E-state index is 0.379. The Hall–Kier alpha value is -2.91. The van der Waals surface area contributed by atoms with Gasteiger partial charge >= 0.3 is 6.09 Å². The molecule has 27 heavy (non-hydrogen) atoms. The number of ether oxygens (including phenoxy) is 1. The summed E-state index contributed by atoms with van der Waals surface area (Å²) in [5.74, 6) is 0. The summed E-state index contributed by atoms with van der Waals surface area (Å²) in [6, 6.07) is 18.9. The summed E-state index contributed by atoms with van der Waals surface area (Å²) in [7, 11) is 0. The molecule has 0 fully saturated rings. The maximum absolute atomic E-state index is 11.6. The van der Waals surface area contributed by atoms with Gasteiger partial charge in [-0.25, -0.2) is 14.8 Å². The highest BCUT2D eigenvalue weighted by atomic mass is 16.5. The van der Waals surface area contributed by atoms with Gasteiger partial charge in [-0.1, -0.05) is 67.4 Å². The Morgan fingerprint density at radius 2 is 1.70 bits per heavy atom. The van der Waals surface area contributed by atoms with E-state index in [9.17, 15) is 4.79 Å². The number of benzene rings is 2. The lowest BCUT2D eigenvalue weighted by molar-refractivity contribution is 0.144. The van der Waals surface area contributed by atoms with E-state index < -0.39 is 0 Å². The van der Waals surface area contributed by atoms with Gasteiger partial charge in [-0.3, -0.25) is 0 Å². The minimum atomic E-state index is -0.379. The Labute approximate surface area is 161 Å². The van der Waals surface area contributed by atoms with Crippen LogP contribution in [0.1, 0.15) is 42.0 Å². The fraction of sp³-hybridized carbons (Fsp3) is 0.364. The zero-order chi connectivity index (χ0) is 19.3. The van der Waals surface area contributed by atoms with Crippen LogP contribution >= 0.6 is 0 Å². The van der Waals surface area contributed by atoms with Crippen molar-refractivity contribution in [2.75, 3.05) is 6.61 Å². The number of rotatable bonds is 9. The van der Waals surface area contributed by atoms with Crippen LogP contribution in [0.4, 0.5) is 4.79 Å². The van der Waals surface area contributed by atoms with Crippen molar-refractivity contribution in [2.24, 2.45) is 9.98 Å². The summed E-state index contributed by atoms with van der Waals surface area (Å²) in [4.78, 5) is 20.0. The molecule has 0 aromatic heterocycles. The summed E-state index contributed by atoms with van der Waals surface area (Å²) >= 11 is 0. The normalized spacial score (nSPS) is 10.0. The molecular weight excluding hydrogens is 338 g/mol. The van der Waals surface area contributed by atoms with Crippen LogP contribution < -0.4 is 5.32 Å². The Kier molecular flexibility index (Phi) is 8.81. The molecule has 0 aliphatic rings. The zero-order valence-electron chi connectivity index (χ0n) is 16.1. The highest BCUT2D eigenvalue weighted by Gasteiger charge is 2.02. The van der Waals surface area contributed by atoms with E-state index in [4.69, 9.17) is 4.74 Å². The van der Waals surface area contributed by atoms with Crippen molar-refractivity contribution in [3.05, 3.63) is 70.8 Å². The summed E-state index contributed by atoms with van der Waals surface area (Å²) in [5.41, 5.74) is 4.43. The monoisotopic (exact) mass is 365 g/mol. The first kappa shape index (κ1) is 20.4. The molecule has 0 atom stereocenters. The molecule has 2 aromatic rings. The van der Waals surface area contributed by atoms with Crippen molar-refractivity contribution in [1.29, 1.82) is 0 Å². The molecule has 0 aliphatic carbocycles. The van der Waals surface area contributed by atoms with Crippen LogP contribution in [0.5, 0.6) is 0 Å². The molecule has 0 spiro atoms. The van der Waals surface area contributed by atoms with Crippen LogP contribution in [0, 0.1) is 6.92 Å². The van der Waals surface area contributed by atoms with Gasteiger partial charge in [0.2, 0.25) is 0 Å². The van der Waals surface area contributed by atoms with Crippen molar-refractivity contribution in [2.45, 2.75) is 46.3 Å². The Balaban J connectivity index is 1.79. The molecule has 1 amide bonds. The number of aliphatic imine (C=N–C) groups is 2. The van der Waals surface area contributed by atoms with Crippen LogP contribution in [-0.4, -0.2) is 18.7 Å². The third-order valence-electron chi connectivity index (χ3n) is 3.91. The highest BCUT2D eigenvalue weighted by Crippen LogP contribution is 2.07. The number of aryl methyl sites for hydroxylation is 1. The molecule has 0 aliphatic heterocycles. The van der Waals surface area contributed by atoms with Crippen molar-refractivity contribution in [3.8, 4) is 0 Å². The second-order valence-corrected chi connectivity index (χ2v) is 6.38. The van der Waals surface area contributed by atoms with Crippen molar-refractivity contribution >= 4 is 12.1 Å². The lowest BCUT2D eigenvalue weighted by Crippen LogP contribution is -2.24. The fourth-order valence-corrected chi connectivity index (χ4v) is 2.49. The van der Waals surface area contributed by atoms with Gasteiger partial charge < -0.3 is 10.1 Å². The highest BCUT2D eigenvalue weighted by molar-refractivity contribution is 5.67. The van der Waals surface area contributed by atoms with Gasteiger partial charge in [0.1, 0.15) is 0 Å². The average Bonchev–Trinajstić information content (AvgIpc) is 2.67. The van der Waals surface area contributed by atoms with Crippen LogP contribution in [-0.2, 0) is 24.4 Å². The molecule has 0 heterocycles. The number of carbonyl (C=O) groups excluding carboxylic acids is 1. The quantitative estimate of drug-likeness (QED) is 0.508.